The lowest BCUT2D eigenvalue weighted by molar-refractivity contribution is 0.0807. The minimum atomic E-state index is 0.0249. The Kier molecular flexibility index (Phi) is 6.45. The van der Waals surface area contributed by atoms with E-state index in [2.05, 4.69) is 5.32 Å². The number of phenols is 1. The van der Waals surface area contributed by atoms with Gasteiger partial charge < -0.3 is 24.6 Å². The quantitative estimate of drug-likeness (QED) is 0.706. The molecule has 0 atom stereocenters. The zero-order valence-electron chi connectivity index (χ0n) is 12.0. The molecular formula is C14H23NO4. The lowest BCUT2D eigenvalue weighted by atomic mass is 10.2. The Hall–Kier alpha value is -1.46. The molecule has 0 aromatic heterocycles. The molecule has 0 unspecified atom stereocenters. The third-order valence-electron chi connectivity index (χ3n) is 2.60. The minimum Gasteiger partial charge on any atom is -0.502 e. The van der Waals surface area contributed by atoms with Gasteiger partial charge in [-0.25, -0.2) is 0 Å². The molecule has 0 spiro atoms. The van der Waals surface area contributed by atoms with E-state index in [1.54, 1.807) is 12.1 Å². The van der Waals surface area contributed by atoms with Crippen molar-refractivity contribution >= 4 is 0 Å². The summed E-state index contributed by atoms with van der Waals surface area (Å²) >= 11 is 0. The van der Waals surface area contributed by atoms with E-state index in [0.717, 1.165) is 12.1 Å². The van der Waals surface area contributed by atoms with Gasteiger partial charge in [-0.1, -0.05) is 0 Å². The second kappa shape index (κ2) is 7.86. The van der Waals surface area contributed by atoms with Crippen LogP contribution in [0.1, 0.15) is 19.4 Å². The van der Waals surface area contributed by atoms with Crippen LogP contribution in [-0.4, -0.2) is 38.6 Å². The van der Waals surface area contributed by atoms with Crippen molar-refractivity contribution in [3.05, 3.63) is 17.7 Å². The van der Waals surface area contributed by atoms with Gasteiger partial charge >= 0.3 is 0 Å². The molecule has 0 aliphatic rings. The van der Waals surface area contributed by atoms with Gasteiger partial charge in [-0.15, -0.1) is 0 Å². The second-order valence-corrected chi connectivity index (χ2v) is 4.45. The minimum absolute atomic E-state index is 0.0249. The first-order chi connectivity index (χ1) is 9.08. The topological polar surface area (TPSA) is 60.0 Å². The normalized spacial score (nSPS) is 10.8. The number of nitrogens with one attached hydrogen (secondary N) is 1. The number of phenolic OH excluding ortho intramolecular Hbond substituents is 1. The van der Waals surface area contributed by atoms with Gasteiger partial charge in [0.05, 0.1) is 26.9 Å². The third kappa shape index (κ3) is 4.96. The Morgan fingerprint density at radius 2 is 1.74 bits per heavy atom. The molecular weight excluding hydrogens is 246 g/mol. The van der Waals surface area contributed by atoms with Crippen LogP contribution in [0.2, 0.25) is 0 Å². The molecule has 108 valence electrons. The number of benzene rings is 1. The highest BCUT2D eigenvalue weighted by Crippen LogP contribution is 2.36. The van der Waals surface area contributed by atoms with Crippen LogP contribution in [-0.2, 0) is 11.3 Å². The molecule has 0 bridgehead atoms. The summed E-state index contributed by atoms with van der Waals surface area (Å²) in [5.41, 5.74) is 0.982. The zero-order valence-corrected chi connectivity index (χ0v) is 12.0. The summed E-state index contributed by atoms with van der Waals surface area (Å²) in [7, 11) is 3.03. The van der Waals surface area contributed by atoms with E-state index in [1.165, 1.54) is 14.2 Å². The molecule has 0 saturated heterocycles. The summed E-state index contributed by atoms with van der Waals surface area (Å²) < 4.78 is 15.6. The Balaban J connectivity index is 2.54. The van der Waals surface area contributed by atoms with Crippen LogP contribution < -0.4 is 14.8 Å². The predicted molar refractivity (Wildman–Crippen MR) is 74.0 cm³/mol. The summed E-state index contributed by atoms with van der Waals surface area (Å²) in [5, 5.41) is 13.1. The van der Waals surface area contributed by atoms with Crippen LogP contribution in [0, 0.1) is 0 Å². The molecule has 1 aromatic rings. The molecule has 5 heteroatoms. The van der Waals surface area contributed by atoms with E-state index in [1.807, 2.05) is 13.8 Å². The smallest absolute Gasteiger partial charge is 0.200 e. The van der Waals surface area contributed by atoms with Gasteiger partial charge in [-0.2, -0.15) is 0 Å². The van der Waals surface area contributed by atoms with Crippen LogP contribution in [0.3, 0.4) is 0 Å². The standard InChI is InChI=1S/C14H23NO4/c1-10(2)19-6-5-15-9-11-7-12(17-3)14(16)13(8-11)18-4/h7-8,10,15-16H,5-6,9H2,1-4H3. The van der Waals surface area contributed by atoms with E-state index in [0.29, 0.717) is 24.7 Å². The van der Waals surface area contributed by atoms with E-state index in [4.69, 9.17) is 14.2 Å². The molecule has 0 radical (unpaired) electrons. The lowest BCUT2D eigenvalue weighted by Gasteiger charge is -2.12. The molecule has 1 rings (SSSR count). The highest BCUT2D eigenvalue weighted by Gasteiger charge is 2.10. The highest BCUT2D eigenvalue weighted by molar-refractivity contribution is 5.52. The van der Waals surface area contributed by atoms with Gasteiger partial charge in [-0.05, 0) is 31.5 Å². The van der Waals surface area contributed by atoms with Gasteiger partial charge in [-0.3, -0.25) is 0 Å². The SMILES string of the molecule is COc1cc(CNCCOC(C)C)cc(OC)c1O. The first-order valence-electron chi connectivity index (χ1n) is 6.34. The summed E-state index contributed by atoms with van der Waals surface area (Å²) in [6.07, 6.45) is 0.246. The van der Waals surface area contributed by atoms with E-state index in [9.17, 15) is 5.11 Å². The van der Waals surface area contributed by atoms with Gasteiger partial charge in [0.25, 0.3) is 0 Å². The Morgan fingerprint density at radius 1 is 1.16 bits per heavy atom. The molecule has 0 aliphatic heterocycles. The number of hydrogen-bond acceptors (Lipinski definition) is 5. The van der Waals surface area contributed by atoms with Gasteiger partial charge in [0, 0.05) is 13.1 Å². The summed E-state index contributed by atoms with van der Waals surface area (Å²) in [6, 6.07) is 3.57. The average molecular weight is 269 g/mol. The lowest BCUT2D eigenvalue weighted by Crippen LogP contribution is -2.21. The number of aromatic hydroxyl groups is 1. The molecule has 0 aliphatic carbocycles. The fourth-order valence-electron chi connectivity index (χ4n) is 1.65. The van der Waals surface area contributed by atoms with Crippen molar-refractivity contribution in [1.29, 1.82) is 0 Å². The maximum atomic E-state index is 9.79. The van der Waals surface area contributed by atoms with Crippen molar-refractivity contribution in [3.63, 3.8) is 0 Å². The molecule has 0 fully saturated rings. The first kappa shape index (κ1) is 15.6. The highest BCUT2D eigenvalue weighted by atomic mass is 16.5. The molecule has 1 aromatic carbocycles. The molecule has 0 saturated carbocycles. The molecule has 5 nitrogen and oxygen atoms in total. The van der Waals surface area contributed by atoms with Crippen LogP contribution in [0.15, 0.2) is 12.1 Å². The summed E-state index contributed by atoms with van der Waals surface area (Å²) in [4.78, 5) is 0. The van der Waals surface area contributed by atoms with Crippen molar-refractivity contribution in [1.82, 2.24) is 5.32 Å². The summed E-state index contributed by atoms with van der Waals surface area (Å²) in [6.45, 7) is 6.12. The van der Waals surface area contributed by atoms with Crippen LogP contribution in [0.5, 0.6) is 17.2 Å². The number of methoxy groups -OCH3 is 2. The Morgan fingerprint density at radius 3 is 2.21 bits per heavy atom. The van der Waals surface area contributed by atoms with Gasteiger partial charge in [0.15, 0.2) is 11.5 Å². The van der Waals surface area contributed by atoms with Crippen molar-refractivity contribution in [3.8, 4) is 17.2 Å². The van der Waals surface area contributed by atoms with Crippen LogP contribution >= 0.6 is 0 Å². The Bertz CT molecular complexity index is 368. The fourth-order valence-corrected chi connectivity index (χ4v) is 1.65. The molecule has 19 heavy (non-hydrogen) atoms. The van der Waals surface area contributed by atoms with Gasteiger partial charge in [0.2, 0.25) is 5.75 Å². The van der Waals surface area contributed by atoms with Crippen molar-refractivity contribution in [2.24, 2.45) is 0 Å². The third-order valence-corrected chi connectivity index (χ3v) is 2.60. The monoisotopic (exact) mass is 269 g/mol. The Labute approximate surface area is 114 Å². The van der Waals surface area contributed by atoms with Crippen molar-refractivity contribution < 1.29 is 19.3 Å². The van der Waals surface area contributed by atoms with E-state index >= 15 is 0 Å². The zero-order chi connectivity index (χ0) is 14.3. The maximum Gasteiger partial charge on any atom is 0.200 e. The van der Waals surface area contributed by atoms with E-state index in [-0.39, 0.29) is 11.9 Å². The number of hydrogen-bond donors (Lipinski definition) is 2. The molecule has 0 heterocycles. The van der Waals surface area contributed by atoms with Crippen molar-refractivity contribution in [2.75, 3.05) is 27.4 Å². The van der Waals surface area contributed by atoms with Crippen LogP contribution in [0.4, 0.5) is 0 Å². The largest absolute Gasteiger partial charge is 0.502 e. The molecule has 2 N–H and O–H groups in total. The molecule has 0 amide bonds. The van der Waals surface area contributed by atoms with Crippen molar-refractivity contribution in [2.45, 2.75) is 26.5 Å². The number of rotatable bonds is 8. The number of ether oxygens (including phenoxy) is 3. The fraction of sp³-hybridized carbons (Fsp3) is 0.571. The predicted octanol–water partition coefficient (Wildman–Crippen LogP) is 1.92. The average Bonchev–Trinajstić information content (AvgIpc) is 2.39. The first-order valence-corrected chi connectivity index (χ1v) is 6.34. The van der Waals surface area contributed by atoms with Gasteiger partial charge in [0.1, 0.15) is 0 Å². The summed E-state index contributed by atoms with van der Waals surface area (Å²) in [5.74, 6) is 0.848. The van der Waals surface area contributed by atoms with E-state index < -0.39 is 0 Å². The second-order valence-electron chi connectivity index (χ2n) is 4.45. The van der Waals surface area contributed by atoms with Crippen LogP contribution in [0.25, 0.3) is 0 Å². The maximum absolute atomic E-state index is 9.79.